The van der Waals surface area contributed by atoms with E-state index in [-0.39, 0.29) is 17.3 Å². The van der Waals surface area contributed by atoms with Gasteiger partial charge in [-0.1, -0.05) is 12.2 Å². The first kappa shape index (κ1) is 9.65. The molecule has 0 aromatic carbocycles. The maximum atomic E-state index is 11.9. The average molecular weight is 202 g/mol. The molecule has 1 heterocycles. The molecular formula is C12H10O3. The van der Waals surface area contributed by atoms with Gasteiger partial charge in [0.25, 0.3) is 0 Å². The van der Waals surface area contributed by atoms with Crippen LogP contribution in [0, 0.1) is 0 Å². The van der Waals surface area contributed by atoms with Crippen molar-refractivity contribution in [3.63, 3.8) is 0 Å². The van der Waals surface area contributed by atoms with Crippen molar-refractivity contribution in [1.82, 2.24) is 0 Å². The van der Waals surface area contributed by atoms with Gasteiger partial charge in [-0.3, -0.25) is 9.59 Å². The first-order valence-electron chi connectivity index (χ1n) is 4.70. The Morgan fingerprint density at radius 3 is 2.27 bits per heavy atom. The summed E-state index contributed by atoms with van der Waals surface area (Å²) in [5, 5.41) is 0. The van der Waals surface area contributed by atoms with E-state index in [9.17, 15) is 9.59 Å². The molecule has 1 aromatic heterocycles. The third-order valence-corrected chi connectivity index (χ3v) is 2.47. The molecule has 76 valence electrons. The zero-order valence-electron chi connectivity index (χ0n) is 8.53. The van der Waals surface area contributed by atoms with Crippen molar-refractivity contribution in [2.45, 2.75) is 13.8 Å². The fraction of sp³-hybridized carbons (Fsp3) is 0.167. The Morgan fingerprint density at radius 1 is 1.07 bits per heavy atom. The highest BCUT2D eigenvalue weighted by Crippen LogP contribution is 2.29. The maximum absolute atomic E-state index is 11.9. The number of fused-ring (bicyclic) bond motifs is 1. The quantitative estimate of drug-likeness (QED) is 0.607. The van der Waals surface area contributed by atoms with Crippen LogP contribution >= 0.6 is 0 Å². The Morgan fingerprint density at radius 2 is 1.67 bits per heavy atom. The predicted molar refractivity (Wildman–Crippen MR) is 54.9 cm³/mol. The molecule has 3 nitrogen and oxygen atoms in total. The zero-order chi connectivity index (χ0) is 11.0. The van der Waals surface area contributed by atoms with E-state index >= 15 is 0 Å². The molecule has 2 rings (SSSR count). The van der Waals surface area contributed by atoms with Gasteiger partial charge in [0.15, 0.2) is 11.5 Å². The number of allylic oxidation sites excluding steroid dienone is 4. The van der Waals surface area contributed by atoms with Gasteiger partial charge in [0.1, 0.15) is 0 Å². The Hall–Kier alpha value is -1.90. The summed E-state index contributed by atoms with van der Waals surface area (Å²) in [7, 11) is 0. The van der Waals surface area contributed by atoms with Gasteiger partial charge in [-0.2, -0.15) is 0 Å². The monoisotopic (exact) mass is 202 g/mol. The van der Waals surface area contributed by atoms with E-state index in [1.165, 1.54) is 12.3 Å². The zero-order valence-corrected chi connectivity index (χ0v) is 8.53. The lowest BCUT2D eigenvalue weighted by Crippen LogP contribution is -2.20. The molecule has 0 N–H and O–H groups in total. The molecule has 0 atom stereocenters. The number of furan rings is 1. The molecule has 0 spiro atoms. The second-order valence-electron chi connectivity index (χ2n) is 3.23. The van der Waals surface area contributed by atoms with Gasteiger partial charge in [-0.15, -0.1) is 0 Å². The van der Waals surface area contributed by atoms with Crippen molar-refractivity contribution >= 4 is 11.6 Å². The molecule has 1 aromatic rings. The lowest BCUT2D eigenvalue weighted by Gasteiger charge is -2.14. The van der Waals surface area contributed by atoms with Crippen LogP contribution in [0.25, 0.3) is 0 Å². The van der Waals surface area contributed by atoms with Crippen LogP contribution in [0.1, 0.15) is 34.8 Å². The van der Waals surface area contributed by atoms with Crippen molar-refractivity contribution in [2.75, 3.05) is 0 Å². The Bertz CT molecular complexity index is 456. The van der Waals surface area contributed by atoms with Crippen molar-refractivity contribution in [3.8, 4) is 0 Å². The first-order valence-corrected chi connectivity index (χ1v) is 4.70. The van der Waals surface area contributed by atoms with Gasteiger partial charge in [-0.25, -0.2) is 0 Å². The Balaban J connectivity index is 2.72. The fourth-order valence-electron chi connectivity index (χ4n) is 1.75. The molecule has 0 unspecified atom stereocenters. The molecule has 1 aliphatic rings. The Labute approximate surface area is 87.1 Å². The fourth-order valence-corrected chi connectivity index (χ4v) is 1.75. The number of rotatable bonds is 0. The summed E-state index contributed by atoms with van der Waals surface area (Å²) in [5.41, 5.74) is 1.24. The molecule has 15 heavy (non-hydrogen) atoms. The third-order valence-electron chi connectivity index (χ3n) is 2.47. The normalized spacial score (nSPS) is 21.2. The van der Waals surface area contributed by atoms with Crippen LogP contribution in [0.3, 0.4) is 0 Å². The predicted octanol–water partition coefficient (Wildman–Crippen LogP) is 2.55. The lowest BCUT2D eigenvalue weighted by molar-refractivity contribution is 0.0953. The number of carbonyl (C=O) groups is 2. The lowest BCUT2D eigenvalue weighted by atomic mass is 9.86. The smallest absolute Gasteiger partial charge is 0.229 e. The van der Waals surface area contributed by atoms with Crippen molar-refractivity contribution in [2.24, 2.45) is 0 Å². The maximum Gasteiger partial charge on any atom is 0.229 e. The second kappa shape index (κ2) is 3.35. The second-order valence-corrected chi connectivity index (χ2v) is 3.23. The summed E-state index contributed by atoms with van der Waals surface area (Å²) in [6.07, 6.45) is 4.67. The summed E-state index contributed by atoms with van der Waals surface area (Å²) in [4.78, 5) is 23.8. The minimum absolute atomic E-state index is 0.144. The van der Waals surface area contributed by atoms with Crippen LogP contribution < -0.4 is 0 Å². The molecule has 0 saturated carbocycles. The standard InChI is InChI=1S/C12H10O3/c1-3-7-8(4-2)11(14)12-9(10(7)13)5-6-15-12/h3-6H,1-2H3/b7-3+,8-4+. The van der Waals surface area contributed by atoms with E-state index in [0.717, 1.165) is 0 Å². The molecule has 0 amide bonds. The molecule has 0 saturated heterocycles. The minimum Gasteiger partial charge on any atom is -0.460 e. The summed E-state index contributed by atoms with van der Waals surface area (Å²) < 4.78 is 5.03. The highest BCUT2D eigenvalue weighted by molar-refractivity contribution is 6.30. The van der Waals surface area contributed by atoms with Crippen LogP contribution in [-0.4, -0.2) is 11.6 Å². The minimum atomic E-state index is -0.217. The van der Waals surface area contributed by atoms with Crippen molar-refractivity contribution < 1.29 is 14.0 Å². The number of ketones is 2. The van der Waals surface area contributed by atoms with Crippen molar-refractivity contribution in [1.29, 1.82) is 0 Å². The summed E-state index contributed by atoms with van der Waals surface area (Å²) in [5.74, 6) is -0.210. The van der Waals surface area contributed by atoms with Crippen LogP contribution in [0.2, 0.25) is 0 Å². The van der Waals surface area contributed by atoms with E-state index < -0.39 is 0 Å². The van der Waals surface area contributed by atoms with Gasteiger partial charge >= 0.3 is 0 Å². The molecule has 0 fully saturated rings. The topological polar surface area (TPSA) is 47.3 Å². The van der Waals surface area contributed by atoms with E-state index in [1.54, 1.807) is 26.0 Å². The number of hydrogen-bond donors (Lipinski definition) is 0. The summed E-state index contributed by atoms with van der Waals surface area (Å²) in [6, 6.07) is 1.53. The van der Waals surface area contributed by atoms with Gasteiger partial charge in [-0.05, 0) is 19.9 Å². The highest BCUT2D eigenvalue weighted by atomic mass is 16.3. The molecule has 0 aliphatic heterocycles. The largest absolute Gasteiger partial charge is 0.460 e. The van der Waals surface area contributed by atoms with Gasteiger partial charge in [0, 0.05) is 11.1 Å². The Kier molecular flexibility index (Phi) is 2.15. The van der Waals surface area contributed by atoms with E-state index in [1.807, 2.05) is 0 Å². The van der Waals surface area contributed by atoms with E-state index in [2.05, 4.69) is 0 Å². The van der Waals surface area contributed by atoms with E-state index in [4.69, 9.17) is 4.42 Å². The number of carbonyl (C=O) groups excluding carboxylic acids is 2. The molecule has 1 aliphatic carbocycles. The number of hydrogen-bond acceptors (Lipinski definition) is 3. The number of Topliss-reactive ketones (excluding diaryl/α,β-unsaturated/α-hetero) is 2. The molecule has 0 radical (unpaired) electrons. The van der Waals surface area contributed by atoms with Gasteiger partial charge in [0.05, 0.1) is 11.8 Å². The molecule has 0 bridgehead atoms. The molecule has 3 heteroatoms. The first-order chi connectivity index (χ1) is 7.20. The summed E-state index contributed by atoms with van der Waals surface area (Å²) in [6.45, 7) is 3.48. The van der Waals surface area contributed by atoms with Crippen molar-refractivity contribution in [3.05, 3.63) is 47.0 Å². The van der Waals surface area contributed by atoms with E-state index in [0.29, 0.717) is 16.7 Å². The highest BCUT2D eigenvalue weighted by Gasteiger charge is 2.33. The molecular weight excluding hydrogens is 192 g/mol. The van der Waals surface area contributed by atoms with Gasteiger partial charge in [0.2, 0.25) is 5.78 Å². The third kappa shape index (κ3) is 1.20. The average Bonchev–Trinajstić information content (AvgIpc) is 2.72. The van der Waals surface area contributed by atoms with Gasteiger partial charge < -0.3 is 4.42 Å². The van der Waals surface area contributed by atoms with Crippen LogP contribution in [0.15, 0.2) is 40.0 Å². The van der Waals surface area contributed by atoms with Crippen LogP contribution in [-0.2, 0) is 0 Å². The van der Waals surface area contributed by atoms with Crippen LogP contribution in [0.5, 0.6) is 0 Å². The van der Waals surface area contributed by atoms with Crippen LogP contribution in [0.4, 0.5) is 0 Å². The SMILES string of the molecule is C/C=C1/C(=O)c2ccoc2C(=O)/C1=C/C. The summed E-state index contributed by atoms with van der Waals surface area (Å²) >= 11 is 0.